The number of benzene rings is 2. The number of hydrogen-bond acceptors (Lipinski definition) is 2. The molecule has 4 aromatic rings. The quantitative estimate of drug-likeness (QED) is 0.307. The Labute approximate surface area is 159 Å². The van der Waals surface area contributed by atoms with Crippen LogP contribution in [-0.4, -0.2) is 4.98 Å². The van der Waals surface area contributed by atoms with E-state index in [1.165, 1.54) is 30.4 Å². The summed E-state index contributed by atoms with van der Waals surface area (Å²) in [5.41, 5.74) is 6.89. The predicted molar refractivity (Wildman–Crippen MR) is 95.1 cm³/mol. The van der Waals surface area contributed by atoms with E-state index in [1.54, 1.807) is 0 Å². The van der Waals surface area contributed by atoms with Crippen molar-refractivity contribution in [2.45, 2.75) is 31.1 Å². The molecular weight excluding hydrogens is 486 g/mol. The fourth-order valence-corrected chi connectivity index (χ4v) is 4.68. The van der Waals surface area contributed by atoms with Gasteiger partial charge in [0.05, 0.1) is 5.58 Å². The zero-order valence-electron chi connectivity index (χ0n) is 13.6. The molecule has 0 spiro atoms. The summed E-state index contributed by atoms with van der Waals surface area (Å²) in [5, 5.41) is 2.27. The molecule has 2 nitrogen and oxygen atoms in total. The van der Waals surface area contributed by atoms with Crippen molar-refractivity contribution >= 4 is 21.9 Å². The Morgan fingerprint density at radius 2 is 1.80 bits per heavy atom. The van der Waals surface area contributed by atoms with Gasteiger partial charge in [-0.3, -0.25) is 0 Å². The summed E-state index contributed by atoms with van der Waals surface area (Å²) in [4.78, 5) is 4.73. The smallest absolute Gasteiger partial charge is 0.123 e. The second-order valence-electron chi connectivity index (χ2n) is 7.13. The largest absolute Gasteiger partial charge is 0.476 e. The van der Waals surface area contributed by atoms with Gasteiger partial charge in [0, 0.05) is 26.3 Å². The van der Waals surface area contributed by atoms with Crippen LogP contribution in [0.1, 0.15) is 42.2 Å². The molecule has 0 N–H and O–H groups in total. The van der Waals surface area contributed by atoms with Crippen molar-refractivity contribution < 1.29 is 24.5 Å². The minimum atomic E-state index is 0. The van der Waals surface area contributed by atoms with Gasteiger partial charge in [0.25, 0.3) is 0 Å². The molecule has 2 unspecified atom stereocenters. The molecule has 0 amide bonds. The van der Waals surface area contributed by atoms with E-state index in [2.05, 4.69) is 30.5 Å². The summed E-state index contributed by atoms with van der Waals surface area (Å²) >= 11 is 0. The van der Waals surface area contributed by atoms with Crippen molar-refractivity contribution in [2.75, 3.05) is 0 Å². The van der Waals surface area contributed by atoms with E-state index in [9.17, 15) is 0 Å². The molecular formula is C22H16IrNO-. The van der Waals surface area contributed by atoms with Crippen molar-refractivity contribution in [1.29, 1.82) is 0 Å². The van der Waals surface area contributed by atoms with E-state index >= 15 is 0 Å². The molecule has 0 saturated heterocycles. The molecule has 1 saturated carbocycles. The summed E-state index contributed by atoms with van der Waals surface area (Å²) < 4.78 is 6.01. The molecule has 2 heterocycles. The van der Waals surface area contributed by atoms with Crippen LogP contribution < -0.4 is 0 Å². The summed E-state index contributed by atoms with van der Waals surface area (Å²) in [6.45, 7) is 0. The van der Waals surface area contributed by atoms with Gasteiger partial charge in [0.15, 0.2) is 0 Å². The standard InChI is InChI=1S/C22H16NO.Ir/c1-2-4-21-16(3-1)17-8-7-15(10-22(17)24-21)20-11-18-13-5-6-14(9-13)19(18)12-23-20;/h1-4,8,10-14H,5-6,9H2;/q-1;. The topological polar surface area (TPSA) is 26.0 Å². The van der Waals surface area contributed by atoms with Gasteiger partial charge in [-0.05, 0) is 59.4 Å². The zero-order chi connectivity index (χ0) is 15.7. The van der Waals surface area contributed by atoms with E-state index in [-0.39, 0.29) is 20.1 Å². The number of para-hydroxylation sites is 1. The molecule has 125 valence electrons. The molecule has 2 aliphatic rings. The third-order valence-electron chi connectivity index (χ3n) is 5.87. The first kappa shape index (κ1) is 15.3. The van der Waals surface area contributed by atoms with Crippen LogP contribution in [0.3, 0.4) is 0 Å². The molecule has 2 atom stereocenters. The minimum Gasteiger partial charge on any atom is -0.476 e. The van der Waals surface area contributed by atoms with Gasteiger partial charge in [-0.2, -0.15) is 0 Å². The van der Waals surface area contributed by atoms with Crippen molar-refractivity contribution in [3.05, 3.63) is 65.9 Å². The number of rotatable bonds is 1. The Morgan fingerprint density at radius 3 is 2.72 bits per heavy atom. The first-order valence-electron chi connectivity index (χ1n) is 8.70. The SMILES string of the molecule is [Ir].[c-]1cc2c(cc1-c1cc3c(cn1)C1CCC3C1)oc1ccccc12. The van der Waals surface area contributed by atoms with Gasteiger partial charge in [-0.25, -0.2) is 0 Å². The van der Waals surface area contributed by atoms with Crippen LogP contribution in [0.4, 0.5) is 0 Å². The van der Waals surface area contributed by atoms with Gasteiger partial charge in [0.1, 0.15) is 5.58 Å². The van der Waals surface area contributed by atoms with Crippen LogP contribution in [0, 0.1) is 6.07 Å². The Kier molecular flexibility index (Phi) is 3.38. The van der Waals surface area contributed by atoms with E-state index in [0.717, 1.165) is 45.0 Å². The average Bonchev–Trinajstić information content (AvgIpc) is 3.33. The van der Waals surface area contributed by atoms with Crippen molar-refractivity contribution in [2.24, 2.45) is 0 Å². The van der Waals surface area contributed by atoms with Crippen LogP contribution in [-0.2, 0) is 20.1 Å². The molecule has 3 heteroatoms. The maximum Gasteiger partial charge on any atom is 0.123 e. The summed E-state index contributed by atoms with van der Waals surface area (Å²) in [7, 11) is 0. The third-order valence-corrected chi connectivity index (χ3v) is 5.87. The molecule has 0 aliphatic heterocycles. The molecule has 2 aliphatic carbocycles. The molecule has 1 radical (unpaired) electrons. The number of pyridine rings is 1. The van der Waals surface area contributed by atoms with Crippen molar-refractivity contribution in [3.63, 3.8) is 0 Å². The minimum absolute atomic E-state index is 0. The summed E-state index contributed by atoms with van der Waals surface area (Å²) in [6, 6.07) is 18.0. The summed E-state index contributed by atoms with van der Waals surface area (Å²) in [6.07, 6.45) is 6.11. The third kappa shape index (κ3) is 2.16. The monoisotopic (exact) mass is 503 g/mol. The normalized spacial score (nSPS) is 20.8. The second kappa shape index (κ2) is 5.52. The van der Waals surface area contributed by atoms with Crippen LogP contribution in [0.15, 0.2) is 53.1 Å². The van der Waals surface area contributed by atoms with Gasteiger partial charge >= 0.3 is 0 Å². The average molecular weight is 503 g/mol. The maximum absolute atomic E-state index is 6.01. The van der Waals surface area contributed by atoms with E-state index in [1.807, 2.05) is 24.3 Å². The van der Waals surface area contributed by atoms with Gasteiger partial charge < -0.3 is 9.40 Å². The van der Waals surface area contributed by atoms with E-state index < -0.39 is 0 Å². The Hall–Kier alpha value is -1.96. The number of hydrogen-bond donors (Lipinski definition) is 0. The van der Waals surface area contributed by atoms with E-state index in [4.69, 9.17) is 9.40 Å². The number of aromatic nitrogens is 1. The molecule has 6 rings (SSSR count). The van der Waals surface area contributed by atoms with E-state index in [0.29, 0.717) is 0 Å². The van der Waals surface area contributed by atoms with Gasteiger partial charge in [-0.15, -0.1) is 17.7 Å². The summed E-state index contributed by atoms with van der Waals surface area (Å²) in [5.74, 6) is 1.51. The van der Waals surface area contributed by atoms with Crippen molar-refractivity contribution in [3.8, 4) is 11.3 Å². The number of fused-ring (bicyclic) bond motifs is 8. The van der Waals surface area contributed by atoms with Gasteiger partial charge in [0.2, 0.25) is 0 Å². The molecule has 25 heavy (non-hydrogen) atoms. The Balaban J connectivity index is 0.00000140. The fourth-order valence-electron chi connectivity index (χ4n) is 4.68. The molecule has 1 fully saturated rings. The second-order valence-corrected chi connectivity index (χ2v) is 7.13. The van der Waals surface area contributed by atoms with Gasteiger partial charge in [-0.1, -0.05) is 35.7 Å². The van der Waals surface area contributed by atoms with Crippen molar-refractivity contribution in [1.82, 2.24) is 4.98 Å². The zero-order valence-corrected chi connectivity index (χ0v) is 16.0. The maximum atomic E-state index is 6.01. The molecule has 2 aromatic carbocycles. The fraction of sp³-hybridized carbons (Fsp3) is 0.227. The van der Waals surface area contributed by atoms with Crippen LogP contribution in [0.25, 0.3) is 33.2 Å². The Morgan fingerprint density at radius 1 is 0.960 bits per heavy atom. The predicted octanol–water partition coefficient (Wildman–Crippen LogP) is 5.81. The Bertz CT molecular complexity index is 1110. The molecule has 2 bridgehead atoms. The number of furan rings is 1. The molecule has 2 aromatic heterocycles. The first-order chi connectivity index (χ1) is 11.9. The van der Waals surface area contributed by atoms with Crippen LogP contribution in [0.2, 0.25) is 0 Å². The number of nitrogens with zero attached hydrogens (tertiary/aromatic N) is 1. The first-order valence-corrected chi connectivity index (χ1v) is 8.70. The van der Waals surface area contributed by atoms with Crippen LogP contribution in [0.5, 0.6) is 0 Å². The van der Waals surface area contributed by atoms with Crippen LogP contribution >= 0.6 is 0 Å².